The van der Waals surface area contributed by atoms with Gasteiger partial charge in [-0.1, -0.05) is 28.4 Å². The number of rotatable bonds is 8. The zero-order valence-electron chi connectivity index (χ0n) is 20.2. The Morgan fingerprint density at radius 2 is 1.94 bits per heavy atom. The van der Waals surface area contributed by atoms with Gasteiger partial charge in [-0.3, -0.25) is 4.21 Å². The first-order valence-corrected chi connectivity index (χ1v) is 16.0. The maximum Gasteiger partial charge on any atom is 0.225 e. The lowest BCUT2D eigenvalue weighted by molar-refractivity contribution is 0.278. The van der Waals surface area contributed by atoms with Crippen molar-refractivity contribution in [2.24, 2.45) is 5.92 Å². The van der Waals surface area contributed by atoms with Gasteiger partial charge in [0.05, 0.1) is 6.61 Å². The number of hydrogen-bond acceptors (Lipinski definition) is 5. The maximum absolute atomic E-state index is 12.5. The molecule has 182 valence electrons. The summed E-state index contributed by atoms with van der Waals surface area (Å²) in [7, 11) is 0.239. The number of hydrogen-bond donors (Lipinski definition) is 1. The van der Waals surface area contributed by atoms with Crippen molar-refractivity contribution in [3.63, 3.8) is 0 Å². The molecule has 0 spiro atoms. The monoisotopic (exact) mass is 490 g/mol. The van der Waals surface area contributed by atoms with Crippen LogP contribution in [0.1, 0.15) is 62.1 Å². The lowest BCUT2D eigenvalue weighted by Gasteiger charge is -2.38. The van der Waals surface area contributed by atoms with Crippen molar-refractivity contribution in [1.82, 2.24) is 14.3 Å². The predicted molar refractivity (Wildman–Crippen MR) is 142 cm³/mol. The van der Waals surface area contributed by atoms with Crippen LogP contribution in [0.3, 0.4) is 0 Å². The molecule has 0 N–H and O–H groups in total. The van der Waals surface area contributed by atoms with Gasteiger partial charge in [0.15, 0.2) is 0 Å². The van der Waals surface area contributed by atoms with Gasteiger partial charge in [-0.05, 0) is 82.5 Å². The zero-order valence-corrected chi connectivity index (χ0v) is 22.3. The molecule has 0 bridgehead atoms. The quantitative estimate of drug-likeness (QED) is 0.338. The van der Waals surface area contributed by atoms with Crippen molar-refractivity contribution in [3.8, 4) is 5.75 Å². The summed E-state index contributed by atoms with van der Waals surface area (Å²) in [5.74, 6) is 2.95. The molecule has 1 aromatic heterocycles. The molecule has 2 aliphatic heterocycles. The van der Waals surface area contributed by atoms with Gasteiger partial charge in [-0.25, -0.2) is 14.3 Å². The molecule has 6 nitrogen and oxygen atoms in total. The molecule has 2 atom stereocenters. The van der Waals surface area contributed by atoms with E-state index in [1.807, 2.05) is 18.6 Å². The SMILES string of the molecule is CCc1cnc(N2CCC(CCCOc3ccc4c(c3)C(C)CN([SH](C)(=O)P)C4)CC2)nc1. The Hall–Kier alpha value is -1.56. The third-order valence-electron chi connectivity index (χ3n) is 7.07. The summed E-state index contributed by atoms with van der Waals surface area (Å²) in [6, 6.07) is 6.42. The first kappa shape index (κ1) is 24.6. The summed E-state index contributed by atoms with van der Waals surface area (Å²) >= 11 is 0. The highest BCUT2D eigenvalue weighted by atomic mass is 32.8. The number of anilines is 1. The van der Waals surface area contributed by atoms with Crippen LogP contribution >= 0.6 is 8.44 Å². The van der Waals surface area contributed by atoms with E-state index in [1.54, 1.807) is 0 Å². The molecule has 0 amide bonds. The average molecular weight is 491 g/mol. The molecule has 1 aromatic carbocycles. The third kappa shape index (κ3) is 6.32. The molecule has 2 aromatic rings. The number of aryl methyl sites for hydroxylation is 1. The van der Waals surface area contributed by atoms with E-state index in [2.05, 4.69) is 59.7 Å². The minimum atomic E-state index is -2.30. The van der Waals surface area contributed by atoms with Gasteiger partial charge in [0, 0.05) is 44.8 Å². The zero-order chi connectivity index (χ0) is 23.4. The molecule has 1 fully saturated rings. The first-order valence-electron chi connectivity index (χ1n) is 12.3. The molecule has 33 heavy (non-hydrogen) atoms. The van der Waals surface area contributed by atoms with Crippen molar-refractivity contribution in [3.05, 3.63) is 47.3 Å². The van der Waals surface area contributed by atoms with E-state index in [9.17, 15) is 4.21 Å². The number of aromatic nitrogens is 2. The van der Waals surface area contributed by atoms with Crippen molar-refractivity contribution >= 4 is 24.1 Å². The van der Waals surface area contributed by atoms with Gasteiger partial charge < -0.3 is 9.64 Å². The van der Waals surface area contributed by atoms with Crippen molar-refractivity contribution in [2.75, 3.05) is 37.4 Å². The van der Waals surface area contributed by atoms with Crippen LogP contribution in [0.4, 0.5) is 5.95 Å². The van der Waals surface area contributed by atoms with Crippen LogP contribution < -0.4 is 9.64 Å². The van der Waals surface area contributed by atoms with Gasteiger partial charge in [-0.15, -0.1) is 0 Å². The van der Waals surface area contributed by atoms with E-state index in [0.717, 1.165) is 63.2 Å². The minimum Gasteiger partial charge on any atom is -0.494 e. The fourth-order valence-electron chi connectivity index (χ4n) is 4.92. The van der Waals surface area contributed by atoms with Crippen LogP contribution in [0, 0.1) is 5.92 Å². The van der Waals surface area contributed by atoms with E-state index in [-0.39, 0.29) is 0 Å². The van der Waals surface area contributed by atoms with Crippen molar-refractivity contribution in [2.45, 2.75) is 58.4 Å². The molecule has 0 saturated carbocycles. The largest absolute Gasteiger partial charge is 0.494 e. The number of thiol groups is 1. The normalized spacial score (nSPS) is 20.5. The fourth-order valence-corrected chi connectivity index (χ4v) is 6.45. The number of fused-ring (bicyclic) bond motifs is 1. The van der Waals surface area contributed by atoms with E-state index < -0.39 is 9.74 Å². The molecular weight excluding hydrogens is 451 g/mol. The number of piperidine rings is 1. The topological polar surface area (TPSA) is 58.6 Å². The summed E-state index contributed by atoms with van der Waals surface area (Å²) in [5, 5.41) is 0. The van der Waals surface area contributed by atoms with Crippen molar-refractivity contribution < 1.29 is 8.95 Å². The first-order chi connectivity index (χ1) is 15.8. The Morgan fingerprint density at radius 3 is 2.61 bits per heavy atom. The molecular formula is C25H39N4O2PS. The van der Waals surface area contributed by atoms with Gasteiger partial charge in [0.25, 0.3) is 0 Å². The lowest BCUT2D eigenvalue weighted by atomic mass is 9.92. The standard InChI is InChI=1S/C25H39N4O2PS/c1-4-20-15-26-25(27-16-20)28-11-9-21(10-12-28)6-5-13-31-23-8-7-22-18-29(33(3,30)32)17-19(2)24(22)14-23/h7-8,14-16,19,21,33H,4-6,9-13,17-18,32H2,1-3H3. The lowest BCUT2D eigenvalue weighted by Crippen LogP contribution is -2.37. The molecule has 2 unspecified atom stereocenters. The third-order valence-corrected chi connectivity index (χ3v) is 9.48. The van der Waals surface area contributed by atoms with Crippen molar-refractivity contribution in [1.29, 1.82) is 0 Å². The molecule has 3 heterocycles. The van der Waals surface area contributed by atoms with E-state index >= 15 is 0 Å². The van der Waals surface area contributed by atoms with Crippen LogP contribution in [-0.2, 0) is 22.7 Å². The number of benzene rings is 1. The molecule has 0 radical (unpaired) electrons. The Morgan fingerprint density at radius 1 is 1.21 bits per heavy atom. The Balaban J connectivity index is 1.20. The Kier molecular flexibility index (Phi) is 8.03. The number of nitrogens with zero attached hydrogens (tertiary/aromatic N) is 4. The summed E-state index contributed by atoms with van der Waals surface area (Å²) in [5.41, 5.74) is 3.80. The van der Waals surface area contributed by atoms with Crippen LogP contribution in [0.5, 0.6) is 5.75 Å². The van der Waals surface area contributed by atoms with Gasteiger partial charge in [0.2, 0.25) is 5.95 Å². The van der Waals surface area contributed by atoms with Gasteiger partial charge >= 0.3 is 0 Å². The molecule has 1 saturated heterocycles. The second-order valence-electron chi connectivity index (χ2n) is 9.72. The van der Waals surface area contributed by atoms with Gasteiger partial charge in [0.1, 0.15) is 5.75 Å². The molecule has 2 aliphatic rings. The summed E-state index contributed by atoms with van der Waals surface area (Å²) in [6.45, 7) is 8.77. The molecule has 4 rings (SSSR count). The number of ether oxygens (including phenoxy) is 1. The highest BCUT2D eigenvalue weighted by Gasteiger charge is 2.27. The maximum atomic E-state index is 12.5. The van der Waals surface area contributed by atoms with Crippen LogP contribution in [0.15, 0.2) is 30.6 Å². The summed E-state index contributed by atoms with van der Waals surface area (Å²) < 4.78 is 20.7. The van der Waals surface area contributed by atoms with Crippen LogP contribution in [0.25, 0.3) is 0 Å². The van der Waals surface area contributed by atoms with Crippen LogP contribution in [0.2, 0.25) is 0 Å². The summed E-state index contributed by atoms with van der Waals surface area (Å²) in [6.07, 6.45) is 11.4. The smallest absolute Gasteiger partial charge is 0.225 e. The second-order valence-corrected chi connectivity index (χ2v) is 15.0. The Bertz CT molecular complexity index is 973. The van der Waals surface area contributed by atoms with E-state index in [1.165, 1.54) is 36.0 Å². The second kappa shape index (κ2) is 10.8. The highest BCUT2D eigenvalue weighted by Crippen LogP contribution is 2.35. The van der Waals surface area contributed by atoms with Crippen LogP contribution in [-0.4, -0.2) is 51.0 Å². The fraction of sp³-hybridized carbons (Fsp3) is 0.600. The van der Waals surface area contributed by atoms with E-state index in [0.29, 0.717) is 5.92 Å². The van der Waals surface area contributed by atoms with Gasteiger partial charge in [-0.2, -0.15) is 0 Å². The Labute approximate surface area is 202 Å². The highest BCUT2D eigenvalue weighted by molar-refractivity contribution is 8.43. The average Bonchev–Trinajstić information content (AvgIpc) is 2.82. The predicted octanol–water partition coefficient (Wildman–Crippen LogP) is 4.39. The minimum absolute atomic E-state index is 0.360. The van der Waals surface area contributed by atoms with E-state index in [4.69, 9.17) is 4.74 Å². The summed E-state index contributed by atoms with van der Waals surface area (Å²) in [4.78, 5) is 11.4. The molecule has 0 aliphatic carbocycles. The molecule has 8 heteroatoms.